The Balaban J connectivity index is 1.72. The number of nitrogens with zero attached hydrogens (tertiary/aromatic N) is 2. The molecule has 25 heavy (non-hydrogen) atoms. The summed E-state index contributed by atoms with van der Waals surface area (Å²) in [5, 5.41) is 9.23. The molecule has 0 bridgehead atoms. The minimum absolute atomic E-state index is 0.209. The molecule has 0 saturated carbocycles. The van der Waals surface area contributed by atoms with Crippen LogP contribution < -0.4 is 0 Å². The third-order valence-electron chi connectivity index (χ3n) is 4.95. The van der Waals surface area contributed by atoms with E-state index in [2.05, 4.69) is 65.2 Å². The molecule has 0 radical (unpaired) electrons. The van der Waals surface area contributed by atoms with Crippen LogP contribution in [0.1, 0.15) is 30.5 Å². The Morgan fingerprint density at radius 1 is 1.24 bits per heavy atom. The van der Waals surface area contributed by atoms with Crippen molar-refractivity contribution in [2.45, 2.75) is 19.3 Å². The van der Waals surface area contributed by atoms with Crippen LogP contribution in [0.25, 0.3) is 5.57 Å². The first-order valence-electron chi connectivity index (χ1n) is 8.97. The van der Waals surface area contributed by atoms with Crippen LogP contribution in [0.2, 0.25) is 0 Å². The number of carbonyl (C=O) groups is 1. The largest absolute Gasteiger partial charge is 0.481 e. The zero-order valence-electron chi connectivity index (χ0n) is 14.8. The second kappa shape index (κ2) is 8.17. The third kappa shape index (κ3) is 4.40. The highest BCUT2D eigenvalue weighted by molar-refractivity contribution is 5.78. The summed E-state index contributed by atoms with van der Waals surface area (Å²) in [6, 6.07) is 14.6. The SMILES string of the molecule is Cn1cccc1C(=CCCN1CCC[C@@H](C(=O)O)C1)c1ccccc1. The summed E-state index contributed by atoms with van der Waals surface area (Å²) in [7, 11) is 2.06. The molecule has 1 fully saturated rings. The molecule has 1 N–H and O–H groups in total. The zero-order valence-corrected chi connectivity index (χ0v) is 14.8. The quantitative estimate of drug-likeness (QED) is 0.874. The number of hydrogen-bond acceptors (Lipinski definition) is 2. The predicted octanol–water partition coefficient (Wildman–Crippen LogP) is 3.64. The maximum absolute atomic E-state index is 11.2. The topological polar surface area (TPSA) is 45.5 Å². The Bertz CT molecular complexity index is 733. The standard InChI is InChI=1S/C21H26N2O2/c1-22-13-7-12-20(22)19(17-8-3-2-4-9-17)11-6-15-23-14-5-10-18(16-23)21(24)25/h2-4,7-9,11-13,18H,5-6,10,14-16H2,1H3,(H,24,25)/t18-/m1/s1. The summed E-state index contributed by atoms with van der Waals surface area (Å²) in [6.45, 7) is 2.58. The summed E-state index contributed by atoms with van der Waals surface area (Å²) in [4.78, 5) is 13.5. The number of hydrogen-bond donors (Lipinski definition) is 1. The van der Waals surface area contributed by atoms with Crippen molar-refractivity contribution < 1.29 is 9.90 Å². The first kappa shape index (κ1) is 17.5. The fourth-order valence-electron chi connectivity index (χ4n) is 3.58. The predicted molar refractivity (Wildman–Crippen MR) is 100 cm³/mol. The van der Waals surface area contributed by atoms with Crippen LogP contribution in [-0.4, -0.2) is 40.2 Å². The van der Waals surface area contributed by atoms with Gasteiger partial charge < -0.3 is 14.6 Å². The normalized spacial score (nSPS) is 19.1. The highest BCUT2D eigenvalue weighted by atomic mass is 16.4. The van der Waals surface area contributed by atoms with Gasteiger partial charge in [-0.3, -0.25) is 4.79 Å². The summed E-state index contributed by atoms with van der Waals surface area (Å²) in [6.07, 6.45) is 7.05. The molecule has 3 rings (SSSR count). The van der Waals surface area contributed by atoms with E-state index in [0.717, 1.165) is 32.4 Å². The van der Waals surface area contributed by atoms with E-state index < -0.39 is 5.97 Å². The summed E-state index contributed by atoms with van der Waals surface area (Å²) < 4.78 is 2.14. The number of carboxylic acids is 1. The minimum atomic E-state index is -0.658. The molecular formula is C21H26N2O2. The lowest BCUT2D eigenvalue weighted by Crippen LogP contribution is -2.39. The van der Waals surface area contributed by atoms with Crippen LogP contribution >= 0.6 is 0 Å². The molecule has 1 aromatic heterocycles. The molecule has 4 heteroatoms. The lowest BCUT2D eigenvalue weighted by atomic mass is 9.97. The van der Waals surface area contributed by atoms with E-state index in [1.54, 1.807) is 0 Å². The molecule has 2 heterocycles. The van der Waals surface area contributed by atoms with Gasteiger partial charge in [-0.2, -0.15) is 0 Å². The molecule has 1 saturated heterocycles. The van der Waals surface area contributed by atoms with Gasteiger partial charge in [0.05, 0.1) is 5.92 Å². The molecule has 1 aromatic carbocycles. The Kier molecular flexibility index (Phi) is 5.71. The molecule has 0 spiro atoms. The zero-order chi connectivity index (χ0) is 17.6. The van der Waals surface area contributed by atoms with E-state index in [0.29, 0.717) is 6.54 Å². The average molecular weight is 338 g/mol. The molecule has 4 nitrogen and oxygen atoms in total. The molecule has 0 aliphatic carbocycles. The fourth-order valence-corrected chi connectivity index (χ4v) is 3.58. The van der Waals surface area contributed by atoms with Gasteiger partial charge in [-0.05, 0) is 43.5 Å². The Morgan fingerprint density at radius 3 is 2.72 bits per heavy atom. The van der Waals surface area contributed by atoms with Crippen LogP contribution in [0.5, 0.6) is 0 Å². The van der Waals surface area contributed by atoms with Crippen molar-refractivity contribution in [1.29, 1.82) is 0 Å². The minimum Gasteiger partial charge on any atom is -0.481 e. The van der Waals surface area contributed by atoms with Crippen LogP contribution in [0.3, 0.4) is 0 Å². The second-order valence-electron chi connectivity index (χ2n) is 6.75. The number of aryl methyl sites for hydroxylation is 1. The van der Waals surface area contributed by atoms with E-state index in [1.165, 1.54) is 16.8 Å². The number of rotatable bonds is 6. The Labute approximate surface area is 149 Å². The summed E-state index contributed by atoms with van der Waals surface area (Å²) in [5.41, 5.74) is 3.65. The van der Waals surface area contributed by atoms with Crippen molar-refractivity contribution in [3.63, 3.8) is 0 Å². The second-order valence-corrected chi connectivity index (χ2v) is 6.75. The smallest absolute Gasteiger partial charge is 0.307 e. The maximum atomic E-state index is 11.2. The van der Waals surface area contributed by atoms with Gasteiger partial charge in [0.25, 0.3) is 0 Å². The van der Waals surface area contributed by atoms with Gasteiger partial charge in [-0.1, -0.05) is 36.4 Å². The maximum Gasteiger partial charge on any atom is 0.307 e. The van der Waals surface area contributed by atoms with Gasteiger partial charge in [-0.25, -0.2) is 0 Å². The van der Waals surface area contributed by atoms with E-state index in [4.69, 9.17) is 0 Å². The molecule has 1 atom stereocenters. The van der Waals surface area contributed by atoms with Gasteiger partial charge in [0.15, 0.2) is 0 Å². The molecule has 132 valence electrons. The van der Waals surface area contributed by atoms with Crippen LogP contribution in [0.4, 0.5) is 0 Å². The van der Waals surface area contributed by atoms with Crippen molar-refractivity contribution in [1.82, 2.24) is 9.47 Å². The first-order chi connectivity index (χ1) is 12.1. The van der Waals surface area contributed by atoms with Crippen LogP contribution in [0, 0.1) is 5.92 Å². The highest BCUT2D eigenvalue weighted by Crippen LogP contribution is 2.24. The summed E-state index contributed by atoms with van der Waals surface area (Å²) in [5.74, 6) is -0.867. The van der Waals surface area contributed by atoms with Crippen molar-refractivity contribution >= 4 is 11.5 Å². The van der Waals surface area contributed by atoms with Gasteiger partial charge in [0, 0.05) is 37.6 Å². The lowest BCUT2D eigenvalue weighted by Gasteiger charge is -2.30. The number of aliphatic carboxylic acids is 1. The monoisotopic (exact) mass is 338 g/mol. The van der Waals surface area contributed by atoms with E-state index in [-0.39, 0.29) is 5.92 Å². The molecular weight excluding hydrogens is 312 g/mol. The van der Waals surface area contributed by atoms with Crippen LogP contribution in [-0.2, 0) is 11.8 Å². The van der Waals surface area contributed by atoms with Crippen molar-refractivity contribution in [2.75, 3.05) is 19.6 Å². The van der Waals surface area contributed by atoms with E-state index in [1.807, 2.05) is 6.07 Å². The Hall–Kier alpha value is -2.33. The van der Waals surface area contributed by atoms with Crippen LogP contribution in [0.15, 0.2) is 54.7 Å². The van der Waals surface area contributed by atoms with Gasteiger partial charge >= 0.3 is 5.97 Å². The molecule has 1 aliphatic rings. The van der Waals surface area contributed by atoms with Gasteiger partial charge in [0.2, 0.25) is 0 Å². The number of benzene rings is 1. The van der Waals surface area contributed by atoms with Gasteiger partial charge in [0.1, 0.15) is 0 Å². The lowest BCUT2D eigenvalue weighted by molar-refractivity contribution is -0.143. The van der Waals surface area contributed by atoms with Crippen molar-refractivity contribution in [3.8, 4) is 0 Å². The molecule has 1 aliphatic heterocycles. The van der Waals surface area contributed by atoms with Crippen molar-refractivity contribution in [2.24, 2.45) is 13.0 Å². The first-order valence-corrected chi connectivity index (χ1v) is 8.97. The highest BCUT2D eigenvalue weighted by Gasteiger charge is 2.24. The van der Waals surface area contributed by atoms with Gasteiger partial charge in [-0.15, -0.1) is 0 Å². The molecule has 0 unspecified atom stereocenters. The number of carboxylic acid groups (broad SMARTS) is 1. The molecule has 2 aromatic rings. The Morgan fingerprint density at radius 2 is 2.04 bits per heavy atom. The average Bonchev–Trinajstić information content (AvgIpc) is 3.05. The van der Waals surface area contributed by atoms with E-state index in [9.17, 15) is 9.90 Å². The number of piperidine rings is 1. The number of likely N-dealkylation sites (tertiary alicyclic amines) is 1. The van der Waals surface area contributed by atoms with Crippen molar-refractivity contribution in [3.05, 3.63) is 66.0 Å². The fraction of sp³-hybridized carbons (Fsp3) is 0.381. The third-order valence-corrected chi connectivity index (χ3v) is 4.95. The summed E-state index contributed by atoms with van der Waals surface area (Å²) >= 11 is 0. The number of aromatic nitrogens is 1. The molecule has 0 amide bonds. The van der Waals surface area contributed by atoms with E-state index >= 15 is 0 Å².